The van der Waals surface area contributed by atoms with Gasteiger partial charge in [-0.05, 0) is 18.9 Å². The molecule has 6 nitrogen and oxygen atoms in total. The lowest BCUT2D eigenvalue weighted by Gasteiger charge is -2.25. The summed E-state index contributed by atoms with van der Waals surface area (Å²) in [5.74, 6) is 1.15. The van der Waals surface area contributed by atoms with Crippen LogP contribution in [0.1, 0.15) is 25.7 Å². The van der Waals surface area contributed by atoms with Gasteiger partial charge in [-0.3, -0.25) is 19.2 Å². The molecule has 4 rings (SSSR count). The molecule has 3 heterocycles. The van der Waals surface area contributed by atoms with Crippen molar-refractivity contribution in [3.63, 3.8) is 0 Å². The van der Waals surface area contributed by atoms with Crippen LogP contribution in [-0.4, -0.2) is 14.5 Å². The quantitative estimate of drug-likeness (QED) is 0.846. The van der Waals surface area contributed by atoms with Crippen molar-refractivity contribution in [2.24, 2.45) is 13.0 Å². The molecule has 0 atom stereocenters. The minimum Gasteiger partial charge on any atom is -0.466 e. The van der Waals surface area contributed by atoms with E-state index in [9.17, 15) is 9.18 Å². The van der Waals surface area contributed by atoms with Crippen molar-refractivity contribution in [1.29, 1.82) is 0 Å². The van der Waals surface area contributed by atoms with Crippen molar-refractivity contribution >= 4 is 5.95 Å². The van der Waals surface area contributed by atoms with E-state index in [1.165, 1.54) is 35.7 Å². The number of aromatic nitrogens is 3. The Kier molecular flexibility index (Phi) is 4.28. The van der Waals surface area contributed by atoms with Gasteiger partial charge in [-0.1, -0.05) is 12.8 Å². The van der Waals surface area contributed by atoms with E-state index in [2.05, 4.69) is 9.97 Å². The Morgan fingerprint density at radius 3 is 2.88 bits per heavy atom. The van der Waals surface area contributed by atoms with E-state index in [0.29, 0.717) is 11.9 Å². The van der Waals surface area contributed by atoms with Crippen molar-refractivity contribution < 1.29 is 9.13 Å². The lowest BCUT2D eigenvalue weighted by molar-refractivity contribution is 0.281. The summed E-state index contributed by atoms with van der Waals surface area (Å²) in [5, 5.41) is 0. The predicted octanol–water partition coefficient (Wildman–Crippen LogP) is 3.32. The number of rotatable bonds is 3. The highest BCUT2D eigenvalue weighted by molar-refractivity contribution is 5.61. The molecule has 2 aromatic rings. The van der Waals surface area contributed by atoms with Crippen LogP contribution >= 0.6 is 0 Å². The third kappa shape index (κ3) is 3.00. The Morgan fingerprint density at radius 2 is 2.12 bits per heavy atom. The first-order chi connectivity index (χ1) is 12.6. The van der Waals surface area contributed by atoms with Gasteiger partial charge in [-0.15, -0.1) is 0 Å². The summed E-state index contributed by atoms with van der Waals surface area (Å²) in [6.45, 7) is 0. The number of nitrogens with zero attached hydrogens (tertiary/aromatic N) is 4. The number of ether oxygens (including phenoxy) is 1. The van der Waals surface area contributed by atoms with Crippen LogP contribution in [0.4, 0.5) is 10.3 Å². The third-order valence-electron chi connectivity index (χ3n) is 4.84. The molecule has 7 heteroatoms. The topological polar surface area (TPSA) is 60.2 Å². The van der Waals surface area contributed by atoms with Crippen LogP contribution in [-0.2, 0) is 11.8 Å². The third-order valence-corrected chi connectivity index (χ3v) is 4.84. The molecule has 0 radical (unpaired) electrons. The smallest absolute Gasteiger partial charge is 0.255 e. The van der Waals surface area contributed by atoms with E-state index >= 15 is 0 Å². The first kappa shape index (κ1) is 16.5. The van der Waals surface area contributed by atoms with Crippen LogP contribution in [0.25, 0.3) is 11.3 Å². The molecule has 0 unspecified atom stereocenters. The van der Waals surface area contributed by atoms with Gasteiger partial charge in [-0.2, -0.15) is 0 Å². The zero-order chi connectivity index (χ0) is 18.1. The van der Waals surface area contributed by atoms with Gasteiger partial charge >= 0.3 is 0 Å². The Balaban J connectivity index is 1.76. The molecule has 26 heavy (non-hydrogen) atoms. The van der Waals surface area contributed by atoms with Gasteiger partial charge in [0.1, 0.15) is 12.0 Å². The molecule has 0 amide bonds. The zero-order valence-corrected chi connectivity index (χ0v) is 14.4. The molecular weight excluding hydrogens is 335 g/mol. The molecule has 2 aromatic heterocycles. The summed E-state index contributed by atoms with van der Waals surface area (Å²) in [6, 6.07) is 2.84. The SMILES string of the molecule is Cn1c(N2C=COC(C3CCCC3)=C2)nc(-c2ccncc2F)cc1=O. The highest BCUT2D eigenvalue weighted by Gasteiger charge is 2.24. The number of anilines is 1. The largest absolute Gasteiger partial charge is 0.466 e. The van der Waals surface area contributed by atoms with Gasteiger partial charge in [0.15, 0.2) is 5.82 Å². The average Bonchev–Trinajstić information content (AvgIpc) is 3.19. The average molecular weight is 354 g/mol. The molecule has 134 valence electrons. The van der Waals surface area contributed by atoms with E-state index in [0.717, 1.165) is 24.8 Å². The van der Waals surface area contributed by atoms with Crippen LogP contribution in [0, 0.1) is 11.7 Å². The summed E-state index contributed by atoms with van der Waals surface area (Å²) in [6.07, 6.45) is 12.3. The van der Waals surface area contributed by atoms with Gasteiger partial charge in [0.2, 0.25) is 5.95 Å². The zero-order valence-electron chi connectivity index (χ0n) is 14.4. The highest BCUT2D eigenvalue weighted by Crippen LogP contribution is 2.34. The summed E-state index contributed by atoms with van der Waals surface area (Å²) in [5.41, 5.74) is 0.256. The van der Waals surface area contributed by atoms with Crippen molar-refractivity contribution in [3.05, 3.63) is 65.1 Å². The van der Waals surface area contributed by atoms with E-state index in [1.807, 2.05) is 6.20 Å². The molecule has 0 aromatic carbocycles. The second-order valence-corrected chi connectivity index (χ2v) is 6.52. The first-order valence-corrected chi connectivity index (χ1v) is 8.65. The van der Waals surface area contributed by atoms with Gasteiger partial charge < -0.3 is 4.74 Å². The number of pyridine rings is 1. The maximum Gasteiger partial charge on any atom is 0.255 e. The number of allylic oxidation sites excluding steroid dienone is 1. The number of hydrogen-bond acceptors (Lipinski definition) is 5. The van der Waals surface area contributed by atoms with Gasteiger partial charge in [0, 0.05) is 37.0 Å². The lowest BCUT2D eigenvalue weighted by Crippen LogP contribution is -2.27. The first-order valence-electron chi connectivity index (χ1n) is 8.65. The predicted molar refractivity (Wildman–Crippen MR) is 95.4 cm³/mol. The van der Waals surface area contributed by atoms with Crippen molar-refractivity contribution in [2.45, 2.75) is 25.7 Å². The van der Waals surface area contributed by atoms with E-state index in [4.69, 9.17) is 4.74 Å². The highest BCUT2D eigenvalue weighted by atomic mass is 19.1. The van der Waals surface area contributed by atoms with E-state index in [1.54, 1.807) is 24.4 Å². The van der Waals surface area contributed by atoms with Gasteiger partial charge in [0.25, 0.3) is 5.56 Å². The Morgan fingerprint density at radius 1 is 1.31 bits per heavy atom. The minimum atomic E-state index is -0.515. The second-order valence-electron chi connectivity index (χ2n) is 6.52. The minimum absolute atomic E-state index is 0.246. The Bertz CT molecular complexity index is 945. The van der Waals surface area contributed by atoms with Crippen LogP contribution in [0.5, 0.6) is 0 Å². The maximum atomic E-state index is 14.1. The maximum absolute atomic E-state index is 14.1. The molecule has 1 aliphatic heterocycles. The molecule has 1 saturated carbocycles. The number of hydrogen-bond donors (Lipinski definition) is 0. The normalized spacial score (nSPS) is 17.3. The molecule has 0 bridgehead atoms. The summed E-state index contributed by atoms with van der Waals surface area (Å²) in [7, 11) is 1.64. The molecule has 0 saturated heterocycles. The molecule has 1 fully saturated rings. The molecule has 2 aliphatic rings. The molecule has 0 spiro atoms. The van der Waals surface area contributed by atoms with Crippen LogP contribution in [0.2, 0.25) is 0 Å². The van der Waals surface area contributed by atoms with Crippen molar-refractivity contribution in [1.82, 2.24) is 14.5 Å². The molecule has 0 N–H and O–H groups in total. The van der Waals surface area contributed by atoms with Gasteiger partial charge in [0.05, 0.1) is 18.1 Å². The van der Waals surface area contributed by atoms with Crippen molar-refractivity contribution in [2.75, 3.05) is 4.90 Å². The van der Waals surface area contributed by atoms with Crippen molar-refractivity contribution in [3.8, 4) is 11.3 Å². The molecular formula is C19H19FN4O2. The number of halogens is 1. The van der Waals surface area contributed by atoms with E-state index < -0.39 is 5.82 Å². The van der Waals surface area contributed by atoms with Crippen LogP contribution in [0.15, 0.2) is 53.7 Å². The van der Waals surface area contributed by atoms with Gasteiger partial charge in [-0.25, -0.2) is 9.37 Å². The fraction of sp³-hybridized carbons (Fsp3) is 0.316. The fourth-order valence-corrected chi connectivity index (χ4v) is 3.40. The monoisotopic (exact) mass is 354 g/mol. The molecule has 1 aliphatic carbocycles. The summed E-state index contributed by atoms with van der Waals surface area (Å²) < 4.78 is 21.2. The summed E-state index contributed by atoms with van der Waals surface area (Å²) in [4.78, 5) is 22.4. The lowest BCUT2D eigenvalue weighted by atomic mass is 10.1. The Hall–Kier alpha value is -2.96. The second kappa shape index (κ2) is 6.74. The fourth-order valence-electron chi connectivity index (χ4n) is 3.40. The Labute approximate surface area is 150 Å². The van der Waals surface area contributed by atoms with E-state index in [-0.39, 0.29) is 16.8 Å². The van der Waals surface area contributed by atoms with Crippen LogP contribution in [0.3, 0.4) is 0 Å². The summed E-state index contributed by atoms with van der Waals surface area (Å²) >= 11 is 0. The standard InChI is InChI=1S/C19H19FN4O2/c1-23-18(25)10-16(14-6-7-21-11-15(14)20)22-19(23)24-8-9-26-17(12-24)13-4-2-3-5-13/h6-13H,2-5H2,1H3. The van der Waals surface area contributed by atoms with Crippen LogP contribution < -0.4 is 10.5 Å².